The summed E-state index contributed by atoms with van der Waals surface area (Å²) >= 11 is 0. The lowest BCUT2D eigenvalue weighted by Crippen LogP contribution is -2.33. The first-order valence-electron chi connectivity index (χ1n) is 8.22. The fraction of sp³-hybridized carbons (Fsp3) is 1.00. The van der Waals surface area contributed by atoms with E-state index < -0.39 is 0 Å². The van der Waals surface area contributed by atoms with Crippen molar-refractivity contribution in [1.29, 1.82) is 0 Å². The van der Waals surface area contributed by atoms with Crippen LogP contribution in [0.15, 0.2) is 0 Å². The van der Waals surface area contributed by atoms with E-state index in [2.05, 4.69) is 71.1 Å². The van der Waals surface area contributed by atoms with Crippen LogP contribution in [-0.4, -0.2) is 29.1 Å². The average Bonchev–Trinajstić information content (AvgIpc) is 2.29. The van der Waals surface area contributed by atoms with Gasteiger partial charge in [-0.3, -0.25) is 4.90 Å². The molecule has 0 aliphatic rings. The lowest BCUT2D eigenvalue weighted by atomic mass is 9.89. The van der Waals surface area contributed by atoms with Crippen molar-refractivity contribution in [2.45, 2.75) is 67.9 Å². The number of nitrogens with zero attached hydrogens (tertiary/aromatic N) is 1. The third-order valence-electron chi connectivity index (χ3n) is 3.63. The van der Waals surface area contributed by atoms with E-state index in [-0.39, 0.29) is 0 Å². The third kappa shape index (κ3) is 10.4. The van der Waals surface area contributed by atoms with Gasteiger partial charge in [-0.25, -0.2) is 0 Å². The highest BCUT2D eigenvalue weighted by Gasteiger charge is 2.16. The van der Waals surface area contributed by atoms with Gasteiger partial charge in [-0.15, -0.1) is 0 Å². The highest BCUT2D eigenvalue weighted by atomic mass is 33.1. The van der Waals surface area contributed by atoms with Crippen molar-refractivity contribution in [3.8, 4) is 0 Å². The highest BCUT2D eigenvalue weighted by Crippen LogP contribution is 2.31. The molecule has 0 fully saturated rings. The largest absolute Gasteiger partial charge is 0.291 e. The maximum absolute atomic E-state index is 2.59. The Morgan fingerprint density at radius 1 is 0.800 bits per heavy atom. The molecule has 0 aromatic carbocycles. The van der Waals surface area contributed by atoms with Gasteiger partial charge in [0.15, 0.2) is 0 Å². The van der Waals surface area contributed by atoms with Crippen molar-refractivity contribution in [2.75, 3.05) is 18.2 Å². The standard InChI is InChI=1S/C17H37NS2/c1-13(2)9-17(15(5)6)11-19-20-12-18(16(7)8)10-14(3)4/h13-17H,9-12H2,1-8H3. The molecule has 1 nitrogen and oxygen atoms in total. The Morgan fingerprint density at radius 2 is 1.40 bits per heavy atom. The van der Waals surface area contributed by atoms with E-state index in [4.69, 9.17) is 0 Å². The van der Waals surface area contributed by atoms with Crippen LogP contribution >= 0.6 is 21.6 Å². The molecule has 0 rings (SSSR count). The van der Waals surface area contributed by atoms with Crippen molar-refractivity contribution in [2.24, 2.45) is 23.7 Å². The van der Waals surface area contributed by atoms with Crippen LogP contribution < -0.4 is 0 Å². The summed E-state index contributed by atoms with van der Waals surface area (Å²) in [6.07, 6.45) is 1.37. The fourth-order valence-corrected chi connectivity index (χ4v) is 5.11. The molecule has 0 saturated carbocycles. The van der Waals surface area contributed by atoms with Crippen molar-refractivity contribution in [3.63, 3.8) is 0 Å². The molecule has 0 N–H and O–H groups in total. The Balaban J connectivity index is 4.01. The molecule has 0 aromatic rings. The first-order chi connectivity index (χ1) is 9.23. The monoisotopic (exact) mass is 319 g/mol. The number of hydrogen-bond donors (Lipinski definition) is 0. The lowest BCUT2D eigenvalue weighted by molar-refractivity contribution is 0.234. The molecular weight excluding hydrogens is 282 g/mol. The van der Waals surface area contributed by atoms with Crippen LogP contribution in [0.5, 0.6) is 0 Å². The van der Waals surface area contributed by atoms with Gasteiger partial charge in [-0.1, -0.05) is 63.1 Å². The van der Waals surface area contributed by atoms with Crippen molar-refractivity contribution >= 4 is 21.6 Å². The zero-order valence-electron chi connectivity index (χ0n) is 15.0. The van der Waals surface area contributed by atoms with E-state index in [1.807, 2.05) is 10.8 Å². The Labute approximate surface area is 136 Å². The summed E-state index contributed by atoms with van der Waals surface area (Å²) in [6.45, 7) is 19.9. The second-order valence-electron chi connectivity index (χ2n) is 7.42. The fourth-order valence-electron chi connectivity index (χ4n) is 2.26. The van der Waals surface area contributed by atoms with E-state index in [9.17, 15) is 0 Å². The summed E-state index contributed by atoms with van der Waals surface area (Å²) < 4.78 is 0. The van der Waals surface area contributed by atoms with Gasteiger partial charge in [0, 0.05) is 18.3 Å². The Kier molecular flexibility index (Phi) is 11.6. The van der Waals surface area contributed by atoms with Crippen molar-refractivity contribution in [1.82, 2.24) is 4.90 Å². The summed E-state index contributed by atoms with van der Waals surface area (Å²) in [5.41, 5.74) is 0. The van der Waals surface area contributed by atoms with Crippen LogP contribution in [0.4, 0.5) is 0 Å². The van der Waals surface area contributed by atoms with Crippen molar-refractivity contribution in [3.05, 3.63) is 0 Å². The summed E-state index contributed by atoms with van der Waals surface area (Å²) in [6, 6.07) is 0.655. The summed E-state index contributed by atoms with van der Waals surface area (Å²) in [7, 11) is 4.13. The molecule has 1 atom stereocenters. The van der Waals surface area contributed by atoms with Crippen LogP contribution in [-0.2, 0) is 0 Å². The zero-order valence-corrected chi connectivity index (χ0v) is 16.6. The van der Waals surface area contributed by atoms with Gasteiger partial charge in [-0.05, 0) is 43.9 Å². The number of rotatable bonds is 11. The first-order valence-corrected chi connectivity index (χ1v) is 10.7. The zero-order chi connectivity index (χ0) is 15.7. The smallest absolute Gasteiger partial charge is 0.0551 e. The normalized spacial score (nSPS) is 14.2. The summed E-state index contributed by atoms with van der Waals surface area (Å²) in [4.78, 5) is 2.59. The van der Waals surface area contributed by atoms with E-state index in [0.717, 1.165) is 29.5 Å². The second-order valence-corrected chi connectivity index (χ2v) is 9.90. The molecular formula is C17H37NS2. The highest BCUT2D eigenvalue weighted by molar-refractivity contribution is 8.76. The van der Waals surface area contributed by atoms with Gasteiger partial charge >= 0.3 is 0 Å². The predicted octanol–water partition coefficient (Wildman–Crippen LogP) is 6.01. The minimum absolute atomic E-state index is 0.655. The van der Waals surface area contributed by atoms with E-state index in [1.165, 1.54) is 18.7 Å². The lowest BCUT2D eigenvalue weighted by Gasteiger charge is -2.28. The molecule has 0 aliphatic heterocycles. The van der Waals surface area contributed by atoms with Gasteiger partial charge in [0.2, 0.25) is 0 Å². The topological polar surface area (TPSA) is 3.24 Å². The average molecular weight is 320 g/mol. The summed E-state index contributed by atoms with van der Waals surface area (Å²) in [5.74, 6) is 5.71. The Bertz CT molecular complexity index is 203. The Hall–Kier alpha value is 0.660. The molecule has 0 amide bonds. The first kappa shape index (κ1) is 20.7. The van der Waals surface area contributed by atoms with Crippen LogP contribution in [0.3, 0.4) is 0 Å². The predicted molar refractivity (Wildman–Crippen MR) is 99.4 cm³/mol. The molecule has 3 heteroatoms. The maximum Gasteiger partial charge on any atom is 0.0551 e. The third-order valence-corrected chi connectivity index (χ3v) is 6.02. The molecule has 0 heterocycles. The van der Waals surface area contributed by atoms with E-state index >= 15 is 0 Å². The quantitative estimate of drug-likeness (QED) is 0.261. The molecule has 1 unspecified atom stereocenters. The molecule has 0 bridgehead atoms. The second kappa shape index (κ2) is 11.3. The van der Waals surface area contributed by atoms with Crippen LogP contribution in [0, 0.1) is 23.7 Å². The van der Waals surface area contributed by atoms with E-state index in [1.54, 1.807) is 0 Å². The van der Waals surface area contributed by atoms with Crippen LogP contribution in [0.1, 0.15) is 61.8 Å². The van der Waals surface area contributed by atoms with Crippen LogP contribution in [0.25, 0.3) is 0 Å². The molecule has 0 aromatic heterocycles. The van der Waals surface area contributed by atoms with Gasteiger partial charge < -0.3 is 0 Å². The molecule has 20 heavy (non-hydrogen) atoms. The van der Waals surface area contributed by atoms with Gasteiger partial charge in [0.25, 0.3) is 0 Å². The molecule has 0 aliphatic carbocycles. The minimum Gasteiger partial charge on any atom is -0.291 e. The van der Waals surface area contributed by atoms with Crippen molar-refractivity contribution < 1.29 is 0 Å². The maximum atomic E-state index is 2.59. The SMILES string of the molecule is CC(C)CC(CSSCN(CC(C)C)C(C)C)C(C)C. The van der Waals surface area contributed by atoms with Gasteiger partial charge in [0.1, 0.15) is 0 Å². The molecule has 122 valence electrons. The molecule has 0 saturated heterocycles. The van der Waals surface area contributed by atoms with E-state index in [0.29, 0.717) is 6.04 Å². The Morgan fingerprint density at radius 3 is 1.80 bits per heavy atom. The minimum atomic E-state index is 0.655. The number of hydrogen-bond acceptors (Lipinski definition) is 3. The summed E-state index contributed by atoms with van der Waals surface area (Å²) in [5, 5.41) is 0. The van der Waals surface area contributed by atoms with Gasteiger partial charge in [0.05, 0.1) is 5.88 Å². The molecule has 0 radical (unpaired) electrons. The van der Waals surface area contributed by atoms with Crippen LogP contribution in [0.2, 0.25) is 0 Å². The molecule has 0 spiro atoms. The van der Waals surface area contributed by atoms with Gasteiger partial charge in [-0.2, -0.15) is 0 Å².